The standard InChI is InChI=1S/C15H28N2O2/c1-10(2)7-11(9-16)8-14(18)17-13-5-6-19-15(13)12-3-4-12/h10-13,15H,3-9,16H2,1-2H3,(H,17,18)/t11-,13?,15?/m0/s1. The maximum Gasteiger partial charge on any atom is 0.220 e. The van der Waals surface area contributed by atoms with Gasteiger partial charge in [0.15, 0.2) is 0 Å². The van der Waals surface area contributed by atoms with Crippen LogP contribution in [0.25, 0.3) is 0 Å². The summed E-state index contributed by atoms with van der Waals surface area (Å²) in [6, 6.07) is 0.234. The average Bonchev–Trinajstić information content (AvgIpc) is 3.09. The fraction of sp³-hybridized carbons (Fsp3) is 0.933. The molecule has 0 aromatic rings. The highest BCUT2D eigenvalue weighted by Crippen LogP contribution is 2.38. The summed E-state index contributed by atoms with van der Waals surface area (Å²) in [5.41, 5.74) is 5.76. The van der Waals surface area contributed by atoms with Gasteiger partial charge in [-0.1, -0.05) is 13.8 Å². The number of nitrogens with two attached hydrogens (primary N) is 1. The second-order valence-corrected chi connectivity index (χ2v) is 6.57. The largest absolute Gasteiger partial charge is 0.376 e. The van der Waals surface area contributed by atoms with Crippen molar-refractivity contribution in [2.24, 2.45) is 23.5 Å². The molecule has 0 aromatic heterocycles. The molecular formula is C15H28N2O2. The Bertz CT molecular complexity index is 303. The third-order valence-corrected chi connectivity index (χ3v) is 4.18. The molecule has 1 aliphatic carbocycles. The lowest BCUT2D eigenvalue weighted by Crippen LogP contribution is -2.42. The molecule has 2 aliphatic rings. The molecular weight excluding hydrogens is 240 g/mol. The first-order valence-corrected chi connectivity index (χ1v) is 7.71. The molecule has 4 nitrogen and oxygen atoms in total. The topological polar surface area (TPSA) is 64.4 Å². The predicted octanol–water partition coefficient (Wildman–Crippen LogP) is 1.68. The van der Waals surface area contributed by atoms with E-state index in [1.54, 1.807) is 0 Å². The van der Waals surface area contributed by atoms with E-state index in [1.807, 2.05) is 0 Å². The monoisotopic (exact) mass is 268 g/mol. The van der Waals surface area contributed by atoms with Gasteiger partial charge in [-0.2, -0.15) is 0 Å². The van der Waals surface area contributed by atoms with Crippen LogP contribution in [0.3, 0.4) is 0 Å². The first kappa shape index (κ1) is 14.8. The molecule has 0 spiro atoms. The Kier molecular flexibility index (Phi) is 5.22. The summed E-state index contributed by atoms with van der Waals surface area (Å²) in [6.45, 7) is 5.74. The normalized spacial score (nSPS) is 28.6. The van der Waals surface area contributed by atoms with Crippen LogP contribution in [0.2, 0.25) is 0 Å². The zero-order valence-corrected chi connectivity index (χ0v) is 12.2. The molecule has 19 heavy (non-hydrogen) atoms. The highest BCUT2D eigenvalue weighted by molar-refractivity contribution is 5.76. The minimum atomic E-state index is 0.150. The second kappa shape index (κ2) is 6.71. The third kappa shape index (κ3) is 4.46. The molecule has 0 aromatic carbocycles. The van der Waals surface area contributed by atoms with Gasteiger partial charge in [0, 0.05) is 13.0 Å². The minimum Gasteiger partial charge on any atom is -0.376 e. The first-order chi connectivity index (χ1) is 9.10. The SMILES string of the molecule is CC(C)C[C@H](CN)CC(=O)NC1CCOC1C1CC1. The molecule has 110 valence electrons. The zero-order chi connectivity index (χ0) is 13.8. The average molecular weight is 268 g/mol. The van der Waals surface area contributed by atoms with Crippen LogP contribution < -0.4 is 11.1 Å². The zero-order valence-electron chi connectivity index (χ0n) is 12.2. The van der Waals surface area contributed by atoms with Crippen LogP contribution in [0.5, 0.6) is 0 Å². The molecule has 1 heterocycles. The van der Waals surface area contributed by atoms with E-state index < -0.39 is 0 Å². The fourth-order valence-electron chi connectivity index (χ4n) is 3.11. The van der Waals surface area contributed by atoms with Crippen molar-refractivity contribution in [3.63, 3.8) is 0 Å². The molecule has 4 heteroatoms. The number of amides is 1. The molecule has 1 saturated carbocycles. The quantitative estimate of drug-likeness (QED) is 0.738. The van der Waals surface area contributed by atoms with Crippen molar-refractivity contribution in [2.45, 2.75) is 58.1 Å². The molecule has 1 saturated heterocycles. The van der Waals surface area contributed by atoms with Gasteiger partial charge in [0.05, 0.1) is 12.1 Å². The maximum absolute atomic E-state index is 12.1. The highest BCUT2D eigenvalue weighted by atomic mass is 16.5. The minimum absolute atomic E-state index is 0.150. The van der Waals surface area contributed by atoms with Crippen molar-refractivity contribution in [1.29, 1.82) is 0 Å². The lowest BCUT2D eigenvalue weighted by atomic mass is 9.93. The van der Waals surface area contributed by atoms with E-state index in [1.165, 1.54) is 12.8 Å². The number of rotatable bonds is 7. The number of nitrogens with one attached hydrogen (secondary N) is 1. The van der Waals surface area contributed by atoms with Crippen LogP contribution in [-0.4, -0.2) is 31.2 Å². The van der Waals surface area contributed by atoms with Gasteiger partial charge in [-0.25, -0.2) is 0 Å². The van der Waals surface area contributed by atoms with Gasteiger partial charge >= 0.3 is 0 Å². The van der Waals surface area contributed by atoms with Crippen molar-refractivity contribution >= 4 is 5.91 Å². The van der Waals surface area contributed by atoms with Crippen molar-refractivity contribution < 1.29 is 9.53 Å². The van der Waals surface area contributed by atoms with Crippen molar-refractivity contribution in [1.82, 2.24) is 5.32 Å². The van der Waals surface area contributed by atoms with E-state index in [0.717, 1.165) is 19.4 Å². The van der Waals surface area contributed by atoms with Gasteiger partial charge in [0.2, 0.25) is 5.91 Å². The van der Waals surface area contributed by atoms with E-state index in [2.05, 4.69) is 19.2 Å². The number of carbonyl (C=O) groups excluding carboxylic acids is 1. The smallest absolute Gasteiger partial charge is 0.220 e. The van der Waals surface area contributed by atoms with Crippen LogP contribution in [0.15, 0.2) is 0 Å². The molecule has 1 aliphatic heterocycles. The lowest BCUT2D eigenvalue weighted by molar-refractivity contribution is -0.123. The number of ether oxygens (including phenoxy) is 1. The first-order valence-electron chi connectivity index (χ1n) is 7.71. The van der Waals surface area contributed by atoms with Gasteiger partial charge in [-0.05, 0) is 50.0 Å². The Morgan fingerprint density at radius 3 is 2.68 bits per heavy atom. The predicted molar refractivity (Wildman–Crippen MR) is 75.6 cm³/mol. The summed E-state index contributed by atoms with van der Waals surface area (Å²) >= 11 is 0. The van der Waals surface area contributed by atoms with Gasteiger partial charge in [-0.15, -0.1) is 0 Å². The summed E-state index contributed by atoms with van der Waals surface area (Å²) < 4.78 is 5.75. The third-order valence-electron chi connectivity index (χ3n) is 4.18. The van der Waals surface area contributed by atoms with Crippen molar-refractivity contribution in [3.8, 4) is 0 Å². The Morgan fingerprint density at radius 1 is 1.37 bits per heavy atom. The molecule has 3 atom stereocenters. The Balaban J connectivity index is 1.76. The Morgan fingerprint density at radius 2 is 2.11 bits per heavy atom. The Labute approximate surface area is 116 Å². The van der Waals surface area contributed by atoms with Gasteiger partial charge in [-0.3, -0.25) is 4.79 Å². The highest BCUT2D eigenvalue weighted by Gasteiger charge is 2.41. The molecule has 0 bridgehead atoms. The van der Waals surface area contributed by atoms with Crippen LogP contribution in [-0.2, 0) is 9.53 Å². The van der Waals surface area contributed by atoms with E-state index in [0.29, 0.717) is 30.7 Å². The van der Waals surface area contributed by atoms with E-state index >= 15 is 0 Å². The van der Waals surface area contributed by atoms with E-state index in [4.69, 9.17) is 10.5 Å². The van der Waals surface area contributed by atoms with Gasteiger partial charge in [0.25, 0.3) is 0 Å². The number of hydrogen-bond acceptors (Lipinski definition) is 3. The van der Waals surface area contributed by atoms with Gasteiger partial charge in [0.1, 0.15) is 0 Å². The van der Waals surface area contributed by atoms with Crippen LogP contribution in [0.1, 0.15) is 46.0 Å². The number of hydrogen-bond donors (Lipinski definition) is 2. The summed E-state index contributed by atoms with van der Waals surface area (Å²) in [4.78, 5) is 12.1. The molecule has 1 amide bonds. The maximum atomic E-state index is 12.1. The lowest BCUT2D eigenvalue weighted by Gasteiger charge is -2.22. The van der Waals surface area contributed by atoms with Crippen molar-refractivity contribution in [2.75, 3.05) is 13.2 Å². The van der Waals surface area contributed by atoms with Crippen LogP contribution in [0.4, 0.5) is 0 Å². The Hall–Kier alpha value is -0.610. The molecule has 3 N–H and O–H groups in total. The summed E-state index contributed by atoms with van der Waals surface area (Å²) in [5, 5.41) is 3.17. The summed E-state index contributed by atoms with van der Waals surface area (Å²) in [5.74, 6) is 1.74. The summed E-state index contributed by atoms with van der Waals surface area (Å²) in [6.07, 6.45) is 5.33. The van der Waals surface area contributed by atoms with Gasteiger partial charge < -0.3 is 15.8 Å². The fourth-order valence-corrected chi connectivity index (χ4v) is 3.11. The molecule has 2 fully saturated rings. The van der Waals surface area contributed by atoms with E-state index in [9.17, 15) is 4.79 Å². The van der Waals surface area contributed by atoms with Crippen LogP contribution in [0, 0.1) is 17.8 Å². The molecule has 2 unspecified atom stereocenters. The van der Waals surface area contributed by atoms with Crippen LogP contribution >= 0.6 is 0 Å². The molecule has 2 rings (SSSR count). The molecule has 0 radical (unpaired) electrons. The number of carbonyl (C=O) groups is 1. The van der Waals surface area contributed by atoms with Crippen molar-refractivity contribution in [3.05, 3.63) is 0 Å². The second-order valence-electron chi connectivity index (χ2n) is 6.57. The van der Waals surface area contributed by atoms with E-state index in [-0.39, 0.29) is 18.1 Å². The summed E-state index contributed by atoms with van der Waals surface area (Å²) in [7, 11) is 0.